The highest BCUT2D eigenvalue weighted by Gasteiger charge is 2.12. The van der Waals surface area contributed by atoms with Gasteiger partial charge in [0.05, 0.1) is 18.0 Å². The van der Waals surface area contributed by atoms with Crippen LogP contribution in [-0.2, 0) is 11.2 Å². The number of nitrogens with zero attached hydrogens (tertiary/aromatic N) is 1. The maximum absolute atomic E-state index is 12.1. The summed E-state index contributed by atoms with van der Waals surface area (Å²) < 4.78 is 10.7. The Morgan fingerprint density at radius 3 is 2.77 bits per heavy atom. The van der Waals surface area contributed by atoms with Crippen LogP contribution in [0, 0.1) is 13.8 Å². The van der Waals surface area contributed by atoms with Crippen molar-refractivity contribution in [1.82, 2.24) is 5.16 Å². The SMILES string of the molecule is CCCOc1ccccc1NC(=O)CCc1c(C)noc1C. The minimum absolute atomic E-state index is 0.0486. The molecule has 0 bridgehead atoms. The Labute approximate surface area is 130 Å². The molecular formula is C17H22N2O3. The summed E-state index contributed by atoms with van der Waals surface area (Å²) in [4.78, 5) is 12.1. The van der Waals surface area contributed by atoms with E-state index >= 15 is 0 Å². The smallest absolute Gasteiger partial charge is 0.224 e. The molecule has 1 heterocycles. The second kappa shape index (κ2) is 7.64. The van der Waals surface area contributed by atoms with Crippen molar-refractivity contribution in [1.29, 1.82) is 0 Å². The third-order valence-corrected chi connectivity index (χ3v) is 3.41. The summed E-state index contributed by atoms with van der Waals surface area (Å²) in [5, 5.41) is 6.81. The maximum atomic E-state index is 12.1. The van der Waals surface area contributed by atoms with Gasteiger partial charge in [0.1, 0.15) is 11.5 Å². The average molecular weight is 302 g/mol. The number of carbonyl (C=O) groups is 1. The Bertz CT molecular complexity index is 615. The van der Waals surface area contributed by atoms with Gasteiger partial charge in [-0.1, -0.05) is 24.2 Å². The van der Waals surface area contributed by atoms with Crippen LogP contribution in [0.5, 0.6) is 5.75 Å². The minimum atomic E-state index is -0.0486. The molecule has 0 fully saturated rings. The van der Waals surface area contributed by atoms with E-state index in [1.54, 1.807) is 0 Å². The van der Waals surface area contributed by atoms with Crippen LogP contribution in [0.4, 0.5) is 5.69 Å². The number of rotatable bonds is 7. The van der Waals surface area contributed by atoms with Gasteiger partial charge < -0.3 is 14.6 Å². The van der Waals surface area contributed by atoms with Crippen molar-refractivity contribution in [3.05, 3.63) is 41.3 Å². The van der Waals surface area contributed by atoms with E-state index in [0.29, 0.717) is 30.9 Å². The molecule has 0 atom stereocenters. The number of aromatic nitrogens is 1. The minimum Gasteiger partial charge on any atom is -0.491 e. The van der Waals surface area contributed by atoms with Gasteiger partial charge in [0, 0.05) is 12.0 Å². The number of carbonyl (C=O) groups excluding carboxylic acids is 1. The number of para-hydroxylation sites is 2. The van der Waals surface area contributed by atoms with E-state index in [2.05, 4.69) is 10.5 Å². The fourth-order valence-corrected chi connectivity index (χ4v) is 2.22. The summed E-state index contributed by atoms with van der Waals surface area (Å²) in [5.41, 5.74) is 2.56. The van der Waals surface area contributed by atoms with E-state index in [1.165, 1.54) is 0 Å². The summed E-state index contributed by atoms with van der Waals surface area (Å²) in [6, 6.07) is 7.48. The Hall–Kier alpha value is -2.30. The van der Waals surface area contributed by atoms with E-state index in [0.717, 1.165) is 23.4 Å². The predicted octanol–water partition coefficient (Wildman–Crippen LogP) is 3.65. The van der Waals surface area contributed by atoms with Crippen LogP contribution in [0.2, 0.25) is 0 Å². The first-order chi connectivity index (χ1) is 10.6. The molecule has 5 nitrogen and oxygen atoms in total. The zero-order valence-electron chi connectivity index (χ0n) is 13.3. The molecule has 118 valence electrons. The van der Waals surface area contributed by atoms with Crippen LogP contribution in [0.15, 0.2) is 28.8 Å². The van der Waals surface area contributed by atoms with Gasteiger partial charge in [0.25, 0.3) is 0 Å². The molecule has 0 spiro atoms. The van der Waals surface area contributed by atoms with Gasteiger partial charge >= 0.3 is 0 Å². The number of hydrogen-bond acceptors (Lipinski definition) is 4. The summed E-state index contributed by atoms with van der Waals surface area (Å²) in [6.07, 6.45) is 1.92. The molecule has 0 aliphatic carbocycles. The van der Waals surface area contributed by atoms with E-state index in [4.69, 9.17) is 9.26 Å². The molecule has 1 aromatic carbocycles. The highest BCUT2D eigenvalue weighted by molar-refractivity contribution is 5.92. The number of amides is 1. The van der Waals surface area contributed by atoms with E-state index in [1.807, 2.05) is 45.0 Å². The van der Waals surface area contributed by atoms with Crippen molar-refractivity contribution in [3.8, 4) is 5.75 Å². The standard InChI is InChI=1S/C17H22N2O3/c1-4-11-21-16-8-6-5-7-15(16)18-17(20)10-9-14-12(2)19-22-13(14)3/h5-8H,4,9-11H2,1-3H3,(H,18,20). The molecule has 0 radical (unpaired) electrons. The zero-order chi connectivity index (χ0) is 15.9. The Balaban J connectivity index is 1.95. The molecule has 2 aromatic rings. The predicted molar refractivity (Wildman–Crippen MR) is 85.2 cm³/mol. The largest absolute Gasteiger partial charge is 0.491 e. The monoisotopic (exact) mass is 302 g/mol. The number of hydrogen-bond donors (Lipinski definition) is 1. The van der Waals surface area contributed by atoms with Gasteiger partial charge in [0.2, 0.25) is 5.91 Å². The van der Waals surface area contributed by atoms with Crippen molar-refractivity contribution in [2.75, 3.05) is 11.9 Å². The summed E-state index contributed by atoms with van der Waals surface area (Å²) in [5.74, 6) is 1.43. The molecule has 1 aromatic heterocycles. The third-order valence-electron chi connectivity index (χ3n) is 3.41. The number of nitrogens with one attached hydrogen (secondary N) is 1. The van der Waals surface area contributed by atoms with Gasteiger partial charge in [-0.2, -0.15) is 0 Å². The van der Waals surface area contributed by atoms with Crippen molar-refractivity contribution < 1.29 is 14.1 Å². The summed E-state index contributed by atoms with van der Waals surface area (Å²) in [6.45, 7) is 6.43. The lowest BCUT2D eigenvalue weighted by atomic mass is 10.1. The zero-order valence-corrected chi connectivity index (χ0v) is 13.3. The van der Waals surface area contributed by atoms with E-state index < -0.39 is 0 Å². The third kappa shape index (κ3) is 4.10. The van der Waals surface area contributed by atoms with Crippen molar-refractivity contribution >= 4 is 11.6 Å². The van der Waals surface area contributed by atoms with E-state index in [9.17, 15) is 4.79 Å². The molecule has 22 heavy (non-hydrogen) atoms. The molecule has 1 N–H and O–H groups in total. The summed E-state index contributed by atoms with van der Waals surface area (Å²) >= 11 is 0. The van der Waals surface area contributed by atoms with Crippen LogP contribution in [0.1, 0.15) is 36.8 Å². The van der Waals surface area contributed by atoms with E-state index in [-0.39, 0.29) is 5.91 Å². The molecule has 0 saturated heterocycles. The van der Waals surface area contributed by atoms with Crippen molar-refractivity contribution in [2.45, 2.75) is 40.0 Å². The summed E-state index contributed by atoms with van der Waals surface area (Å²) in [7, 11) is 0. The first-order valence-electron chi connectivity index (χ1n) is 7.55. The molecule has 5 heteroatoms. The van der Waals surface area contributed by atoms with Gasteiger partial charge in [-0.3, -0.25) is 4.79 Å². The molecular weight excluding hydrogens is 280 g/mol. The Morgan fingerprint density at radius 2 is 2.09 bits per heavy atom. The normalized spacial score (nSPS) is 10.5. The highest BCUT2D eigenvalue weighted by Crippen LogP contribution is 2.24. The topological polar surface area (TPSA) is 64.4 Å². The van der Waals surface area contributed by atoms with Crippen LogP contribution >= 0.6 is 0 Å². The van der Waals surface area contributed by atoms with Crippen LogP contribution in [0.25, 0.3) is 0 Å². The average Bonchev–Trinajstić information content (AvgIpc) is 2.83. The van der Waals surface area contributed by atoms with Crippen molar-refractivity contribution in [2.24, 2.45) is 0 Å². The quantitative estimate of drug-likeness (QED) is 0.848. The lowest BCUT2D eigenvalue weighted by Crippen LogP contribution is -2.13. The highest BCUT2D eigenvalue weighted by atomic mass is 16.5. The Morgan fingerprint density at radius 1 is 1.32 bits per heavy atom. The number of benzene rings is 1. The first-order valence-corrected chi connectivity index (χ1v) is 7.55. The van der Waals surface area contributed by atoms with Crippen LogP contribution in [-0.4, -0.2) is 17.7 Å². The fourth-order valence-electron chi connectivity index (χ4n) is 2.22. The van der Waals surface area contributed by atoms with Gasteiger partial charge in [-0.15, -0.1) is 0 Å². The van der Waals surface area contributed by atoms with Gasteiger partial charge in [-0.05, 0) is 38.8 Å². The maximum Gasteiger partial charge on any atom is 0.224 e. The van der Waals surface area contributed by atoms with Gasteiger partial charge in [0.15, 0.2) is 0 Å². The fraction of sp³-hybridized carbons (Fsp3) is 0.412. The lowest BCUT2D eigenvalue weighted by Gasteiger charge is -2.11. The molecule has 0 aliphatic heterocycles. The first kappa shape index (κ1) is 16.1. The number of anilines is 1. The lowest BCUT2D eigenvalue weighted by molar-refractivity contribution is -0.116. The second-order valence-corrected chi connectivity index (χ2v) is 5.20. The van der Waals surface area contributed by atoms with Crippen LogP contribution in [0.3, 0.4) is 0 Å². The molecule has 1 amide bonds. The van der Waals surface area contributed by atoms with Crippen LogP contribution < -0.4 is 10.1 Å². The molecule has 0 saturated carbocycles. The molecule has 2 rings (SSSR count). The van der Waals surface area contributed by atoms with Gasteiger partial charge in [-0.25, -0.2) is 0 Å². The second-order valence-electron chi connectivity index (χ2n) is 5.20. The molecule has 0 aliphatic rings. The number of aryl methyl sites for hydroxylation is 2. The Kier molecular flexibility index (Phi) is 5.58. The molecule has 0 unspecified atom stereocenters. The van der Waals surface area contributed by atoms with Crippen molar-refractivity contribution in [3.63, 3.8) is 0 Å². The number of ether oxygens (including phenoxy) is 1.